The van der Waals surface area contributed by atoms with Gasteiger partial charge in [-0.3, -0.25) is 10.3 Å². The summed E-state index contributed by atoms with van der Waals surface area (Å²) in [6, 6.07) is 0. The van der Waals surface area contributed by atoms with Crippen molar-refractivity contribution in [2.24, 2.45) is 15.0 Å². The van der Waals surface area contributed by atoms with Crippen LogP contribution in [0.3, 0.4) is 0 Å². The molecule has 0 saturated heterocycles. The molecule has 2 N–H and O–H groups in total. The number of nitrogens with zero attached hydrogens (tertiary/aromatic N) is 4. The number of carbonyl (C=O) groups is 1. The van der Waals surface area contributed by atoms with E-state index in [-0.39, 0.29) is 13.2 Å². The fourth-order valence-corrected chi connectivity index (χ4v) is 3.44. The monoisotopic (exact) mass is 612 g/mol. The second-order valence-corrected chi connectivity index (χ2v) is 9.74. The molecule has 246 valence electrons. The van der Waals surface area contributed by atoms with Gasteiger partial charge in [-0.15, -0.1) is 0 Å². The zero-order valence-electron chi connectivity index (χ0n) is 25.9. The highest BCUT2D eigenvalue weighted by atomic mass is 17.2. The molecule has 0 spiro atoms. The highest BCUT2D eigenvalue weighted by Gasteiger charge is 2.06. The molecule has 14 nitrogen and oxygen atoms in total. The van der Waals surface area contributed by atoms with Crippen LogP contribution in [-0.4, -0.2) is 95.7 Å². The number of ether oxygens (including phenoxy) is 1. The molecule has 0 fully saturated rings. The second kappa shape index (κ2) is 33.5. The van der Waals surface area contributed by atoms with Crippen molar-refractivity contribution in [2.45, 2.75) is 84.0 Å². The minimum Gasteiger partial charge on any atom is -0.447 e. The number of nitrogens with one attached hydrogen (secondary N) is 2. The van der Waals surface area contributed by atoms with E-state index in [0.717, 1.165) is 89.2 Å². The van der Waals surface area contributed by atoms with Gasteiger partial charge in [0.2, 0.25) is 12.2 Å². The quantitative estimate of drug-likeness (QED) is 0.0163. The standard InChI is InChI=1S/C29H52N6O8/c1-28(2)23-43-42-22-21-39-29(38)34-19-13-7-8-14-20-35(40-26-32-17-11-5-3-9-15-30-24-36)41-27-33-18-12-6-4-10-16-31-25-37/h26,33H,1,3-23,27H2,2H3,(H,34,38). The number of alkyl carbamates (subject to hydrolysis) is 1. The van der Waals surface area contributed by atoms with Crippen molar-refractivity contribution in [1.82, 2.24) is 15.9 Å². The first-order chi connectivity index (χ1) is 21.1. The number of aliphatic imine (C=N–C) groups is 3. The Morgan fingerprint density at radius 1 is 0.814 bits per heavy atom. The van der Waals surface area contributed by atoms with Crippen molar-refractivity contribution >= 4 is 24.7 Å². The lowest BCUT2D eigenvalue weighted by molar-refractivity contribution is -0.327. The number of hydrogen-bond acceptors (Lipinski definition) is 13. The molecule has 43 heavy (non-hydrogen) atoms. The van der Waals surface area contributed by atoms with Crippen LogP contribution >= 0.6 is 0 Å². The van der Waals surface area contributed by atoms with Crippen molar-refractivity contribution in [3.8, 4) is 0 Å². The van der Waals surface area contributed by atoms with Gasteiger partial charge in [-0.05, 0) is 57.2 Å². The van der Waals surface area contributed by atoms with E-state index >= 15 is 0 Å². The van der Waals surface area contributed by atoms with Gasteiger partial charge in [0, 0.05) is 13.1 Å². The fourth-order valence-electron chi connectivity index (χ4n) is 3.44. The maximum atomic E-state index is 11.7. The molecule has 0 aliphatic carbocycles. The van der Waals surface area contributed by atoms with Crippen LogP contribution < -0.4 is 10.6 Å². The lowest BCUT2D eigenvalue weighted by Crippen LogP contribution is -2.31. The van der Waals surface area contributed by atoms with Crippen molar-refractivity contribution in [2.75, 3.05) is 65.8 Å². The first-order valence-corrected chi connectivity index (χ1v) is 15.2. The third-order valence-electron chi connectivity index (χ3n) is 5.68. The second-order valence-electron chi connectivity index (χ2n) is 9.74. The Hall–Kier alpha value is -2.96. The zero-order valence-corrected chi connectivity index (χ0v) is 25.9. The molecule has 0 radical (unpaired) electrons. The Morgan fingerprint density at radius 2 is 1.44 bits per heavy atom. The summed E-state index contributed by atoms with van der Waals surface area (Å²) in [4.78, 5) is 64.3. The van der Waals surface area contributed by atoms with Gasteiger partial charge in [0.05, 0.1) is 19.6 Å². The molecule has 1 amide bonds. The number of isocyanates is 2. The van der Waals surface area contributed by atoms with Crippen LogP contribution in [0.2, 0.25) is 0 Å². The minimum absolute atomic E-state index is 0.103. The predicted octanol–water partition coefficient (Wildman–Crippen LogP) is 4.33. The molecule has 0 atom stereocenters. The van der Waals surface area contributed by atoms with Gasteiger partial charge in [-0.2, -0.15) is 0 Å². The van der Waals surface area contributed by atoms with E-state index in [1.165, 1.54) is 11.6 Å². The van der Waals surface area contributed by atoms with Gasteiger partial charge in [0.15, 0.2) is 6.40 Å². The molecule has 0 aliphatic rings. The summed E-state index contributed by atoms with van der Waals surface area (Å²) in [6.07, 6.45) is 15.3. The summed E-state index contributed by atoms with van der Waals surface area (Å²) < 4.78 is 5.02. The highest BCUT2D eigenvalue weighted by Crippen LogP contribution is 2.04. The van der Waals surface area contributed by atoms with Gasteiger partial charge in [0.25, 0.3) is 0 Å². The van der Waals surface area contributed by atoms with Crippen molar-refractivity contribution in [3.05, 3.63) is 12.2 Å². The van der Waals surface area contributed by atoms with Crippen LogP contribution in [0.15, 0.2) is 27.1 Å². The minimum atomic E-state index is -0.484. The van der Waals surface area contributed by atoms with Crippen LogP contribution in [0.5, 0.6) is 0 Å². The Labute approximate surface area is 256 Å². The Bertz CT molecular complexity index is 804. The van der Waals surface area contributed by atoms with E-state index in [2.05, 4.69) is 32.2 Å². The molecule has 0 heterocycles. The Kier molecular flexibility index (Phi) is 31.2. The summed E-state index contributed by atoms with van der Waals surface area (Å²) >= 11 is 0. The Morgan fingerprint density at radius 3 is 2.12 bits per heavy atom. The van der Waals surface area contributed by atoms with Crippen molar-refractivity contribution < 1.29 is 38.6 Å². The molecule has 0 rings (SSSR count). The molecular weight excluding hydrogens is 560 g/mol. The molecule has 0 saturated carbocycles. The van der Waals surface area contributed by atoms with E-state index in [0.29, 0.717) is 46.1 Å². The number of hydroxylamine groups is 2. The van der Waals surface area contributed by atoms with Gasteiger partial charge < -0.3 is 14.9 Å². The number of carbonyl (C=O) groups excluding carboxylic acids is 3. The summed E-state index contributed by atoms with van der Waals surface area (Å²) in [6.45, 7) is 9.98. The smallest absolute Gasteiger partial charge is 0.407 e. The zero-order chi connectivity index (χ0) is 31.5. The topological polar surface area (TPSA) is 162 Å². The summed E-state index contributed by atoms with van der Waals surface area (Å²) in [5.74, 6) is 0. The lowest BCUT2D eigenvalue weighted by Gasteiger charge is -2.19. The molecular formula is C29H52N6O8. The fraction of sp³-hybridized carbons (Fsp3) is 0.793. The van der Waals surface area contributed by atoms with Crippen LogP contribution in [0.4, 0.5) is 4.79 Å². The van der Waals surface area contributed by atoms with Crippen LogP contribution in [-0.2, 0) is 33.8 Å². The van der Waals surface area contributed by atoms with Gasteiger partial charge in [-0.1, -0.05) is 50.7 Å². The lowest BCUT2D eigenvalue weighted by atomic mass is 10.2. The van der Waals surface area contributed by atoms with E-state index < -0.39 is 6.09 Å². The van der Waals surface area contributed by atoms with Crippen molar-refractivity contribution in [1.29, 1.82) is 0 Å². The largest absolute Gasteiger partial charge is 0.447 e. The summed E-state index contributed by atoms with van der Waals surface area (Å²) in [5.41, 5.74) is 0.842. The number of hydrogen-bond donors (Lipinski definition) is 2. The van der Waals surface area contributed by atoms with Crippen LogP contribution in [0.25, 0.3) is 0 Å². The molecule has 0 aromatic heterocycles. The SMILES string of the molecule is C=C(C)COOCCOC(=O)NCCCCCCN(OC=NCCCCCCN=C=O)OCNCCCCCCN=C=O. The molecule has 0 aromatic rings. The van der Waals surface area contributed by atoms with Crippen LogP contribution in [0, 0.1) is 0 Å². The average Bonchev–Trinajstić information content (AvgIpc) is 2.99. The molecule has 14 heteroatoms. The van der Waals surface area contributed by atoms with E-state index in [9.17, 15) is 14.4 Å². The first-order valence-electron chi connectivity index (χ1n) is 15.2. The summed E-state index contributed by atoms with van der Waals surface area (Å²) in [7, 11) is 0. The molecule has 0 aliphatic heterocycles. The molecule has 0 aromatic carbocycles. The van der Waals surface area contributed by atoms with E-state index in [1.807, 2.05) is 6.92 Å². The highest BCUT2D eigenvalue weighted by molar-refractivity contribution is 5.66. The number of unbranched alkanes of at least 4 members (excludes halogenated alkanes) is 9. The predicted molar refractivity (Wildman–Crippen MR) is 163 cm³/mol. The maximum Gasteiger partial charge on any atom is 0.407 e. The van der Waals surface area contributed by atoms with Crippen molar-refractivity contribution in [3.63, 3.8) is 0 Å². The molecule has 0 unspecified atom stereocenters. The average molecular weight is 613 g/mol. The van der Waals surface area contributed by atoms with E-state index in [1.54, 1.807) is 12.2 Å². The number of rotatable bonds is 32. The molecule has 0 bridgehead atoms. The van der Waals surface area contributed by atoms with Gasteiger partial charge in [-0.25, -0.2) is 39.0 Å². The first kappa shape index (κ1) is 40.0. The van der Waals surface area contributed by atoms with Crippen LogP contribution in [0.1, 0.15) is 84.0 Å². The third-order valence-corrected chi connectivity index (χ3v) is 5.68. The number of amides is 1. The van der Waals surface area contributed by atoms with Gasteiger partial charge in [0.1, 0.15) is 26.6 Å². The van der Waals surface area contributed by atoms with Gasteiger partial charge >= 0.3 is 6.09 Å². The van der Waals surface area contributed by atoms with E-state index in [4.69, 9.17) is 24.2 Å². The maximum absolute atomic E-state index is 11.7. The summed E-state index contributed by atoms with van der Waals surface area (Å²) in [5, 5.41) is 7.39. The third kappa shape index (κ3) is 33.4. The normalized spacial score (nSPS) is 10.8. The Balaban J connectivity index is 4.07.